The summed E-state index contributed by atoms with van der Waals surface area (Å²) in [6.45, 7) is 1.87. The molecule has 3 aromatic rings. The number of hydrazone groups is 1. The molecule has 11 heteroatoms. The predicted octanol–water partition coefficient (Wildman–Crippen LogP) is 3.35. The minimum Gasteiger partial charge on any atom is -0.305 e. The van der Waals surface area contributed by atoms with Crippen LogP contribution < -0.4 is 5.32 Å². The molecular formula is C22H19FN6O4. The lowest BCUT2D eigenvalue weighted by molar-refractivity contribution is -0.384. The average Bonchev–Trinajstić information content (AvgIpc) is 3.16. The van der Waals surface area contributed by atoms with Crippen molar-refractivity contribution in [1.82, 2.24) is 14.8 Å². The number of halogens is 1. The predicted molar refractivity (Wildman–Crippen MR) is 117 cm³/mol. The van der Waals surface area contributed by atoms with Gasteiger partial charge in [-0.05, 0) is 36.8 Å². The minimum atomic E-state index is -0.499. The summed E-state index contributed by atoms with van der Waals surface area (Å²) in [5.74, 6) is -0.749. The summed E-state index contributed by atoms with van der Waals surface area (Å²) in [7, 11) is 0. The van der Waals surface area contributed by atoms with Gasteiger partial charge in [-0.1, -0.05) is 12.1 Å². The number of hydrogen-bond acceptors (Lipinski definition) is 6. The number of benzene rings is 2. The Kier molecular flexibility index (Phi) is 5.94. The summed E-state index contributed by atoms with van der Waals surface area (Å²) in [6, 6.07) is 13.1. The molecule has 0 radical (unpaired) electrons. The summed E-state index contributed by atoms with van der Waals surface area (Å²) in [5, 5.41) is 23.4. The maximum atomic E-state index is 13.1. The lowest BCUT2D eigenvalue weighted by Gasteiger charge is -2.23. The Hall–Kier alpha value is -4.41. The van der Waals surface area contributed by atoms with Gasteiger partial charge in [0, 0.05) is 31.0 Å². The van der Waals surface area contributed by atoms with Gasteiger partial charge in [-0.15, -0.1) is 0 Å². The number of non-ortho nitro benzene ring substituents is 1. The number of nitro groups is 1. The molecule has 0 saturated heterocycles. The number of anilines is 1. The highest BCUT2D eigenvalue weighted by molar-refractivity contribution is 6.43. The van der Waals surface area contributed by atoms with Gasteiger partial charge in [-0.3, -0.25) is 19.7 Å². The van der Waals surface area contributed by atoms with Gasteiger partial charge in [0.1, 0.15) is 17.3 Å². The van der Waals surface area contributed by atoms with Gasteiger partial charge in [0.15, 0.2) is 0 Å². The number of nitrogens with one attached hydrogen (secondary N) is 1. The fourth-order valence-corrected chi connectivity index (χ4v) is 3.34. The number of aryl methyl sites for hydroxylation is 1. The van der Waals surface area contributed by atoms with Gasteiger partial charge in [0.2, 0.25) is 5.91 Å². The molecule has 1 aliphatic heterocycles. The van der Waals surface area contributed by atoms with Crippen LogP contribution in [0.5, 0.6) is 0 Å². The van der Waals surface area contributed by atoms with E-state index in [-0.39, 0.29) is 42.5 Å². The standard InChI is InChI=1S/C22H19FN6O4/c1-14-12-20(28(25-14)17-6-8-18(9-7-17)29(32)33)24-22(31)19-10-11-21(30)27(26-19)13-15-2-4-16(23)5-3-15/h2-9,12H,10-11,13H2,1H3,(H,24,31). The quantitative estimate of drug-likeness (QED) is 0.456. The van der Waals surface area contributed by atoms with Gasteiger partial charge < -0.3 is 5.32 Å². The van der Waals surface area contributed by atoms with Crippen LogP contribution in [0.4, 0.5) is 15.9 Å². The van der Waals surface area contributed by atoms with E-state index < -0.39 is 10.8 Å². The lowest BCUT2D eigenvalue weighted by atomic mass is 10.1. The van der Waals surface area contributed by atoms with Crippen molar-refractivity contribution in [2.45, 2.75) is 26.3 Å². The first-order chi connectivity index (χ1) is 15.8. The van der Waals surface area contributed by atoms with E-state index in [4.69, 9.17) is 0 Å². The first-order valence-corrected chi connectivity index (χ1v) is 10.1. The van der Waals surface area contributed by atoms with E-state index in [1.54, 1.807) is 25.1 Å². The number of aromatic nitrogens is 2. The average molecular weight is 450 g/mol. The third kappa shape index (κ3) is 4.92. The zero-order valence-electron chi connectivity index (χ0n) is 17.6. The number of carbonyl (C=O) groups excluding carboxylic acids is 2. The van der Waals surface area contributed by atoms with Crippen molar-refractivity contribution < 1.29 is 18.9 Å². The van der Waals surface area contributed by atoms with Gasteiger partial charge >= 0.3 is 0 Å². The summed E-state index contributed by atoms with van der Waals surface area (Å²) in [5.41, 5.74) is 1.95. The molecule has 168 valence electrons. The van der Waals surface area contributed by atoms with E-state index in [9.17, 15) is 24.1 Å². The molecule has 10 nitrogen and oxygen atoms in total. The monoisotopic (exact) mass is 450 g/mol. The highest BCUT2D eigenvalue weighted by Gasteiger charge is 2.25. The van der Waals surface area contributed by atoms with Gasteiger partial charge in [-0.25, -0.2) is 14.1 Å². The van der Waals surface area contributed by atoms with Crippen molar-refractivity contribution >= 4 is 29.0 Å². The summed E-state index contributed by atoms with van der Waals surface area (Å²) in [6.07, 6.45) is 0.295. The first-order valence-electron chi connectivity index (χ1n) is 10.1. The van der Waals surface area contributed by atoms with Crippen molar-refractivity contribution in [3.8, 4) is 5.69 Å². The van der Waals surface area contributed by atoms with Crippen molar-refractivity contribution in [2.24, 2.45) is 5.10 Å². The smallest absolute Gasteiger partial charge is 0.273 e. The Labute approximate surface area is 187 Å². The molecule has 2 amide bonds. The summed E-state index contributed by atoms with van der Waals surface area (Å²) < 4.78 is 14.6. The molecule has 0 saturated carbocycles. The fourth-order valence-electron chi connectivity index (χ4n) is 3.34. The second-order valence-corrected chi connectivity index (χ2v) is 7.43. The van der Waals surface area contributed by atoms with Crippen LogP contribution in [-0.4, -0.2) is 37.2 Å². The Balaban J connectivity index is 1.53. The second kappa shape index (κ2) is 8.99. The van der Waals surface area contributed by atoms with Crippen LogP contribution in [0.1, 0.15) is 24.1 Å². The highest BCUT2D eigenvalue weighted by Crippen LogP contribution is 2.21. The Morgan fingerprint density at radius 1 is 1.15 bits per heavy atom. The van der Waals surface area contributed by atoms with Crippen LogP contribution >= 0.6 is 0 Å². The molecule has 1 aliphatic rings. The van der Waals surface area contributed by atoms with E-state index >= 15 is 0 Å². The highest BCUT2D eigenvalue weighted by atomic mass is 19.1. The van der Waals surface area contributed by atoms with Gasteiger partial charge in [-0.2, -0.15) is 10.2 Å². The largest absolute Gasteiger partial charge is 0.305 e. The van der Waals surface area contributed by atoms with Crippen LogP contribution in [0.15, 0.2) is 59.7 Å². The van der Waals surface area contributed by atoms with E-state index in [1.807, 2.05) is 0 Å². The number of carbonyl (C=O) groups is 2. The van der Waals surface area contributed by atoms with Crippen LogP contribution in [0.2, 0.25) is 0 Å². The van der Waals surface area contributed by atoms with E-state index in [0.717, 1.165) is 0 Å². The Morgan fingerprint density at radius 3 is 2.52 bits per heavy atom. The summed E-state index contributed by atoms with van der Waals surface area (Å²) >= 11 is 0. The summed E-state index contributed by atoms with van der Waals surface area (Å²) in [4.78, 5) is 35.5. The maximum Gasteiger partial charge on any atom is 0.273 e. The van der Waals surface area contributed by atoms with E-state index in [0.29, 0.717) is 22.8 Å². The number of nitrogens with zero attached hydrogens (tertiary/aromatic N) is 5. The molecule has 2 aromatic carbocycles. The molecule has 0 spiro atoms. The fraction of sp³-hybridized carbons (Fsp3) is 0.182. The second-order valence-electron chi connectivity index (χ2n) is 7.43. The van der Waals surface area contributed by atoms with Crippen molar-refractivity contribution in [1.29, 1.82) is 0 Å². The minimum absolute atomic E-state index is 0.0595. The van der Waals surface area contributed by atoms with Gasteiger partial charge in [0.25, 0.3) is 11.6 Å². The molecule has 0 fully saturated rings. The number of hydrogen-bond donors (Lipinski definition) is 1. The number of rotatable bonds is 6. The lowest BCUT2D eigenvalue weighted by Crippen LogP contribution is -2.36. The normalized spacial score (nSPS) is 13.6. The number of amides is 2. The SMILES string of the molecule is Cc1cc(NC(=O)C2=NN(Cc3ccc(F)cc3)C(=O)CC2)n(-c2ccc([N+](=O)[O-])cc2)n1. The molecule has 4 rings (SSSR count). The first kappa shape index (κ1) is 21.8. The zero-order chi connectivity index (χ0) is 23.5. The molecule has 1 aromatic heterocycles. The van der Waals surface area contributed by atoms with Crippen molar-refractivity contribution in [3.63, 3.8) is 0 Å². The Morgan fingerprint density at radius 2 is 1.85 bits per heavy atom. The Bertz CT molecular complexity index is 1250. The molecule has 0 unspecified atom stereocenters. The van der Waals surface area contributed by atoms with Crippen molar-refractivity contribution in [2.75, 3.05) is 5.32 Å². The van der Waals surface area contributed by atoms with Crippen molar-refractivity contribution in [3.05, 3.63) is 81.8 Å². The number of nitro benzene ring substituents is 1. The van der Waals surface area contributed by atoms with Crippen LogP contribution in [0, 0.1) is 22.9 Å². The molecule has 0 aliphatic carbocycles. The molecule has 1 N–H and O–H groups in total. The van der Waals surface area contributed by atoms with Crippen LogP contribution in [0.3, 0.4) is 0 Å². The molecule has 0 atom stereocenters. The van der Waals surface area contributed by atoms with E-state index in [1.165, 1.54) is 46.1 Å². The maximum absolute atomic E-state index is 13.1. The third-order valence-electron chi connectivity index (χ3n) is 4.99. The third-order valence-corrected chi connectivity index (χ3v) is 4.99. The molecular weight excluding hydrogens is 431 g/mol. The molecule has 0 bridgehead atoms. The molecule has 2 heterocycles. The van der Waals surface area contributed by atoms with Crippen LogP contribution in [0.25, 0.3) is 5.69 Å². The topological polar surface area (TPSA) is 123 Å². The molecule has 33 heavy (non-hydrogen) atoms. The zero-order valence-corrected chi connectivity index (χ0v) is 17.6. The van der Waals surface area contributed by atoms with E-state index in [2.05, 4.69) is 15.5 Å². The van der Waals surface area contributed by atoms with Gasteiger partial charge in [0.05, 0.1) is 22.8 Å². The van der Waals surface area contributed by atoms with Crippen LogP contribution in [-0.2, 0) is 16.1 Å².